The van der Waals surface area contributed by atoms with E-state index in [0.717, 1.165) is 32.7 Å². The molecule has 5 heteroatoms. The van der Waals surface area contributed by atoms with Crippen molar-refractivity contribution in [3.05, 3.63) is 0 Å². The molecule has 1 saturated heterocycles. The summed E-state index contributed by atoms with van der Waals surface area (Å²) in [6, 6.07) is 0.656. The SMILES string of the molecule is CCNC(C)(CCN1CCN(C(C)CC)CC1)C(=O)O. The topological polar surface area (TPSA) is 55.8 Å². The van der Waals surface area contributed by atoms with Gasteiger partial charge < -0.3 is 15.3 Å². The fraction of sp³-hybridized carbons (Fsp3) is 0.933. The zero-order valence-corrected chi connectivity index (χ0v) is 13.5. The number of nitrogens with one attached hydrogen (secondary N) is 1. The number of hydrogen-bond acceptors (Lipinski definition) is 4. The molecule has 2 N–H and O–H groups in total. The van der Waals surface area contributed by atoms with Gasteiger partial charge in [-0.3, -0.25) is 9.69 Å². The molecule has 20 heavy (non-hydrogen) atoms. The van der Waals surface area contributed by atoms with Gasteiger partial charge in [0.1, 0.15) is 5.54 Å². The third-order valence-corrected chi connectivity index (χ3v) is 4.59. The third-order valence-electron chi connectivity index (χ3n) is 4.59. The maximum atomic E-state index is 11.4. The molecule has 2 unspecified atom stereocenters. The Hall–Kier alpha value is -0.650. The van der Waals surface area contributed by atoms with Crippen LogP contribution < -0.4 is 5.32 Å². The molecule has 1 heterocycles. The first-order valence-corrected chi connectivity index (χ1v) is 7.87. The summed E-state index contributed by atoms with van der Waals surface area (Å²) < 4.78 is 0. The standard InChI is InChI=1S/C15H31N3O2/c1-5-13(3)18-11-9-17(10-12-18)8-7-15(4,14(19)20)16-6-2/h13,16H,5-12H2,1-4H3,(H,19,20). The highest BCUT2D eigenvalue weighted by Crippen LogP contribution is 2.14. The van der Waals surface area contributed by atoms with E-state index in [1.165, 1.54) is 6.42 Å². The molecule has 0 aliphatic carbocycles. The first-order chi connectivity index (χ1) is 9.42. The number of carboxylic acids is 1. The Bertz CT molecular complexity index is 303. The molecule has 0 bridgehead atoms. The van der Waals surface area contributed by atoms with Crippen LogP contribution in [0.25, 0.3) is 0 Å². The van der Waals surface area contributed by atoms with Gasteiger partial charge >= 0.3 is 5.97 Å². The van der Waals surface area contributed by atoms with Crippen LogP contribution in [-0.2, 0) is 4.79 Å². The van der Waals surface area contributed by atoms with Crippen molar-refractivity contribution in [1.82, 2.24) is 15.1 Å². The van der Waals surface area contributed by atoms with Gasteiger partial charge in [-0.05, 0) is 33.2 Å². The molecule has 1 aliphatic rings. The van der Waals surface area contributed by atoms with Gasteiger partial charge in [0.05, 0.1) is 0 Å². The fourth-order valence-corrected chi connectivity index (χ4v) is 2.73. The van der Waals surface area contributed by atoms with Crippen LogP contribution >= 0.6 is 0 Å². The lowest BCUT2D eigenvalue weighted by Crippen LogP contribution is -2.54. The summed E-state index contributed by atoms with van der Waals surface area (Å²) in [5, 5.41) is 12.4. The van der Waals surface area contributed by atoms with Crippen molar-refractivity contribution in [3.8, 4) is 0 Å². The maximum Gasteiger partial charge on any atom is 0.323 e. The van der Waals surface area contributed by atoms with E-state index in [1.807, 2.05) is 6.92 Å². The number of likely N-dealkylation sites (N-methyl/N-ethyl adjacent to an activating group) is 1. The number of aliphatic carboxylic acids is 1. The van der Waals surface area contributed by atoms with Crippen molar-refractivity contribution in [2.75, 3.05) is 39.3 Å². The summed E-state index contributed by atoms with van der Waals surface area (Å²) in [7, 11) is 0. The number of rotatable bonds is 8. The fourth-order valence-electron chi connectivity index (χ4n) is 2.73. The summed E-state index contributed by atoms with van der Waals surface area (Å²) >= 11 is 0. The quantitative estimate of drug-likeness (QED) is 0.703. The van der Waals surface area contributed by atoms with Gasteiger partial charge in [0, 0.05) is 38.8 Å². The number of piperazine rings is 1. The first-order valence-electron chi connectivity index (χ1n) is 7.87. The molecule has 0 saturated carbocycles. The zero-order chi connectivity index (χ0) is 15.2. The van der Waals surface area contributed by atoms with Crippen LogP contribution in [0.4, 0.5) is 0 Å². The number of hydrogen-bond donors (Lipinski definition) is 2. The number of carbonyl (C=O) groups is 1. The Balaban J connectivity index is 2.38. The van der Waals surface area contributed by atoms with Crippen LogP contribution in [0.2, 0.25) is 0 Å². The van der Waals surface area contributed by atoms with E-state index >= 15 is 0 Å². The average molecular weight is 285 g/mol. The van der Waals surface area contributed by atoms with Gasteiger partial charge in [-0.2, -0.15) is 0 Å². The monoisotopic (exact) mass is 285 g/mol. The highest BCUT2D eigenvalue weighted by atomic mass is 16.4. The molecule has 5 nitrogen and oxygen atoms in total. The lowest BCUT2D eigenvalue weighted by atomic mass is 9.97. The zero-order valence-electron chi connectivity index (χ0n) is 13.5. The second-order valence-corrected chi connectivity index (χ2v) is 6.05. The average Bonchev–Trinajstić information content (AvgIpc) is 2.45. The van der Waals surface area contributed by atoms with Crippen molar-refractivity contribution < 1.29 is 9.90 Å². The molecule has 1 rings (SSSR count). The molecule has 0 aromatic carbocycles. The van der Waals surface area contributed by atoms with Gasteiger partial charge in [-0.15, -0.1) is 0 Å². The molecule has 118 valence electrons. The molecule has 1 aliphatic heterocycles. The summed E-state index contributed by atoms with van der Waals surface area (Å²) in [4.78, 5) is 16.3. The van der Waals surface area contributed by atoms with E-state index < -0.39 is 11.5 Å². The molecule has 0 radical (unpaired) electrons. The van der Waals surface area contributed by atoms with E-state index in [0.29, 0.717) is 19.0 Å². The Morgan fingerprint density at radius 1 is 1.30 bits per heavy atom. The van der Waals surface area contributed by atoms with Crippen molar-refractivity contribution in [2.45, 2.75) is 52.1 Å². The van der Waals surface area contributed by atoms with Gasteiger partial charge in [0.2, 0.25) is 0 Å². The van der Waals surface area contributed by atoms with Crippen LogP contribution in [0.3, 0.4) is 0 Å². The highest BCUT2D eigenvalue weighted by Gasteiger charge is 2.32. The summed E-state index contributed by atoms with van der Waals surface area (Å²) in [6.45, 7) is 14.1. The van der Waals surface area contributed by atoms with Gasteiger partial charge in [0.15, 0.2) is 0 Å². The molecule has 0 aromatic heterocycles. The van der Waals surface area contributed by atoms with Gasteiger partial charge in [-0.25, -0.2) is 0 Å². The van der Waals surface area contributed by atoms with E-state index in [9.17, 15) is 9.90 Å². The lowest BCUT2D eigenvalue weighted by molar-refractivity contribution is -0.144. The minimum atomic E-state index is -0.803. The minimum absolute atomic E-state index is 0.652. The van der Waals surface area contributed by atoms with Crippen LogP contribution in [-0.4, -0.2) is 71.7 Å². The number of nitrogens with zero attached hydrogens (tertiary/aromatic N) is 2. The Kier molecular flexibility index (Phi) is 6.92. The normalized spacial score (nSPS) is 22.4. The molecule has 1 fully saturated rings. The maximum absolute atomic E-state index is 11.4. The Labute approximate surface area is 123 Å². The molecule has 2 atom stereocenters. The number of carboxylic acid groups (broad SMARTS) is 1. The largest absolute Gasteiger partial charge is 0.480 e. The van der Waals surface area contributed by atoms with Crippen molar-refractivity contribution in [3.63, 3.8) is 0 Å². The second kappa shape index (κ2) is 7.96. The molecule has 0 aromatic rings. The van der Waals surface area contributed by atoms with Crippen LogP contribution in [0, 0.1) is 0 Å². The Morgan fingerprint density at radius 3 is 2.35 bits per heavy atom. The van der Waals surface area contributed by atoms with Crippen molar-refractivity contribution >= 4 is 5.97 Å². The third kappa shape index (κ3) is 4.72. The summed E-state index contributed by atoms with van der Waals surface area (Å²) in [5.41, 5.74) is -0.803. The first kappa shape index (κ1) is 17.4. The highest BCUT2D eigenvalue weighted by molar-refractivity contribution is 5.78. The van der Waals surface area contributed by atoms with E-state index in [1.54, 1.807) is 6.92 Å². The minimum Gasteiger partial charge on any atom is -0.480 e. The van der Waals surface area contributed by atoms with E-state index in [-0.39, 0.29) is 0 Å². The molecular weight excluding hydrogens is 254 g/mol. The van der Waals surface area contributed by atoms with Crippen LogP contribution in [0.1, 0.15) is 40.5 Å². The summed E-state index contributed by atoms with van der Waals surface area (Å²) in [6.07, 6.45) is 1.84. The van der Waals surface area contributed by atoms with Crippen molar-refractivity contribution in [2.24, 2.45) is 0 Å². The smallest absolute Gasteiger partial charge is 0.323 e. The van der Waals surface area contributed by atoms with E-state index in [4.69, 9.17) is 0 Å². The predicted molar refractivity (Wildman–Crippen MR) is 82.1 cm³/mol. The molecular formula is C15H31N3O2. The Morgan fingerprint density at radius 2 is 1.90 bits per heavy atom. The summed E-state index contributed by atoms with van der Waals surface area (Å²) in [5.74, 6) is -0.752. The molecule has 0 spiro atoms. The van der Waals surface area contributed by atoms with Gasteiger partial charge in [-0.1, -0.05) is 13.8 Å². The lowest BCUT2D eigenvalue weighted by Gasteiger charge is -2.39. The molecule has 0 amide bonds. The van der Waals surface area contributed by atoms with Crippen LogP contribution in [0.5, 0.6) is 0 Å². The van der Waals surface area contributed by atoms with E-state index in [2.05, 4.69) is 29.0 Å². The van der Waals surface area contributed by atoms with Crippen LogP contribution in [0.15, 0.2) is 0 Å². The van der Waals surface area contributed by atoms with Crippen molar-refractivity contribution in [1.29, 1.82) is 0 Å². The second-order valence-electron chi connectivity index (χ2n) is 6.05. The van der Waals surface area contributed by atoms with Gasteiger partial charge in [0.25, 0.3) is 0 Å². The predicted octanol–water partition coefficient (Wildman–Crippen LogP) is 1.25.